The predicted molar refractivity (Wildman–Crippen MR) is 105 cm³/mol. The molecule has 0 radical (unpaired) electrons. The van der Waals surface area contributed by atoms with Crippen molar-refractivity contribution in [3.05, 3.63) is 64.9 Å². The highest BCUT2D eigenvalue weighted by atomic mass is 19.1. The third-order valence-corrected chi connectivity index (χ3v) is 4.61. The lowest BCUT2D eigenvalue weighted by Crippen LogP contribution is -2.11. The first-order chi connectivity index (χ1) is 13.4. The van der Waals surface area contributed by atoms with Gasteiger partial charge in [-0.05, 0) is 48.2 Å². The van der Waals surface area contributed by atoms with Crippen molar-refractivity contribution >= 4 is 16.9 Å². The molecule has 3 rings (SSSR count). The van der Waals surface area contributed by atoms with E-state index in [0.717, 1.165) is 0 Å². The van der Waals surface area contributed by atoms with Crippen LogP contribution < -0.4 is 5.73 Å². The van der Waals surface area contributed by atoms with Crippen molar-refractivity contribution in [1.29, 1.82) is 0 Å². The smallest absolute Gasteiger partial charge is 0.337 e. The molecule has 2 N–H and O–H groups in total. The first-order valence-corrected chi connectivity index (χ1v) is 9.05. The Kier molecular flexibility index (Phi) is 5.70. The number of rotatable bonds is 5. The maximum atomic E-state index is 14.7. The van der Waals surface area contributed by atoms with Crippen LogP contribution in [0.4, 0.5) is 8.78 Å². The van der Waals surface area contributed by atoms with Gasteiger partial charge in [-0.3, -0.25) is 4.98 Å². The van der Waals surface area contributed by atoms with E-state index in [2.05, 4.69) is 4.98 Å². The minimum Gasteiger partial charge on any atom is -0.465 e. The molecule has 0 aliphatic carbocycles. The molecule has 0 aliphatic heterocycles. The summed E-state index contributed by atoms with van der Waals surface area (Å²) in [6, 6.07) is 8.52. The molecule has 0 atom stereocenters. The Balaban J connectivity index is 2.46. The van der Waals surface area contributed by atoms with E-state index in [4.69, 9.17) is 10.5 Å². The second-order valence-electron chi connectivity index (χ2n) is 7.03. The van der Waals surface area contributed by atoms with Gasteiger partial charge in [-0.1, -0.05) is 19.9 Å². The van der Waals surface area contributed by atoms with Crippen LogP contribution in [0.2, 0.25) is 0 Å². The number of nitrogens with zero attached hydrogens (tertiary/aromatic N) is 1. The SMILES string of the molecule is COC(=O)c1ccc2nc(CC(C)C)c(CN)c(-c3c(F)cccc3F)c2c1. The Morgan fingerprint density at radius 3 is 2.39 bits per heavy atom. The number of esters is 1. The van der Waals surface area contributed by atoms with Crippen LogP contribution in [-0.2, 0) is 17.7 Å². The molecule has 4 nitrogen and oxygen atoms in total. The van der Waals surface area contributed by atoms with Crippen LogP contribution in [0.3, 0.4) is 0 Å². The maximum Gasteiger partial charge on any atom is 0.337 e. The van der Waals surface area contributed by atoms with Crippen LogP contribution in [0.1, 0.15) is 35.5 Å². The summed E-state index contributed by atoms with van der Waals surface area (Å²) < 4.78 is 34.2. The molecule has 0 saturated heterocycles. The average Bonchev–Trinajstić information content (AvgIpc) is 2.66. The Morgan fingerprint density at radius 2 is 1.82 bits per heavy atom. The predicted octanol–water partition coefficient (Wildman–Crippen LogP) is 4.62. The van der Waals surface area contributed by atoms with Crippen molar-refractivity contribution in [2.24, 2.45) is 11.7 Å². The molecule has 0 unspecified atom stereocenters. The van der Waals surface area contributed by atoms with E-state index in [1.54, 1.807) is 18.2 Å². The molecule has 3 aromatic rings. The lowest BCUT2D eigenvalue weighted by atomic mass is 9.90. The van der Waals surface area contributed by atoms with Gasteiger partial charge in [-0.25, -0.2) is 13.6 Å². The number of carbonyl (C=O) groups is 1. The van der Waals surface area contributed by atoms with E-state index in [1.165, 1.54) is 25.3 Å². The fourth-order valence-electron chi connectivity index (χ4n) is 3.40. The standard InChI is InChI=1S/C22H22F2N2O2/c1-12(2)9-19-15(11-25)20(21-16(23)5-4-6-17(21)24)14-10-13(22(27)28-3)7-8-18(14)26-19/h4-8,10,12H,9,11,25H2,1-3H3. The Morgan fingerprint density at radius 1 is 1.14 bits per heavy atom. The van der Waals surface area contributed by atoms with Crippen molar-refractivity contribution in [3.8, 4) is 11.1 Å². The minimum absolute atomic E-state index is 0.0660. The number of fused-ring (bicyclic) bond motifs is 1. The first kappa shape index (κ1) is 19.9. The number of pyridine rings is 1. The minimum atomic E-state index is -0.693. The molecular formula is C22H22F2N2O2. The number of ether oxygens (including phenoxy) is 1. The number of halogens is 2. The van der Waals surface area contributed by atoms with Crippen LogP contribution in [0.25, 0.3) is 22.0 Å². The Labute approximate surface area is 162 Å². The van der Waals surface area contributed by atoms with Crippen molar-refractivity contribution in [3.63, 3.8) is 0 Å². The van der Waals surface area contributed by atoms with Gasteiger partial charge in [0.15, 0.2) is 0 Å². The Bertz CT molecular complexity index is 1030. The first-order valence-electron chi connectivity index (χ1n) is 9.05. The van der Waals surface area contributed by atoms with E-state index in [1.807, 2.05) is 13.8 Å². The number of carbonyl (C=O) groups excluding carboxylic acids is 1. The number of methoxy groups -OCH3 is 1. The van der Waals surface area contributed by atoms with E-state index in [-0.39, 0.29) is 23.6 Å². The Hall–Kier alpha value is -2.86. The third kappa shape index (κ3) is 3.60. The summed E-state index contributed by atoms with van der Waals surface area (Å²) in [6.07, 6.45) is 0.615. The zero-order valence-electron chi connectivity index (χ0n) is 16.1. The van der Waals surface area contributed by atoms with Gasteiger partial charge in [0.1, 0.15) is 11.6 Å². The summed E-state index contributed by atoms with van der Waals surface area (Å²) in [5.74, 6) is -1.65. The van der Waals surface area contributed by atoms with E-state index in [9.17, 15) is 13.6 Å². The molecule has 0 bridgehead atoms. The lowest BCUT2D eigenvalue weighted by Gasteiger charge is -2.19. The largest absolute Gasteiger partial charge is 0.465 e. The fourth-order valence-corrected chi connectivity index (χ4v) is 3.40. The summed E-state index contributed by atoms with van der Waals surface area (Å²) in [5.41, 5.74) is 8.27. The van der Waals surface area contributed by atoms with Gasteiger partial charge in [-0.2, -0.15) is 0 Å². The molecule has 0 saturated carbocycles. The second kappa shape index (κ2) is 8.02. The van der Waals surface area contributed by atoms with Crippen LogP contribution >= 0.6 is 0 Å². The number of hydrogen-bond donors (Lipinski definition) is 1. The molecule has 0 spiro atoms. The van der Waals surface area contributed by atoms with Crippen molar-refractivity contribution < 1.29 is 18.3 Å². The zero-order chi connectivity index (χ0) is 20.4. The number of nitrogens with two attached hydrogens (primary N) is 1. The second-order valence-corrected chi connectivity index (χ2v) is 7.03. The number of aromatic nitrogens is 1. The molecule has 0 fully saturated rings. The van der Waals surface area contributed by atoms with Gasteiger partial charge in [0, 0.05) is 23.2 Å². The quantitative estimate of drug-likeness (QED) is 0.652. The summed E-state index contributed by atoms with van der Waals surface area (Å²) in [7, 11) is 1.28. The normalized spacial score (nSPS) is 11.2. The molecule has 0 aliphatic rings. The average molecular weight is 384 g/mol. The fraction of sp³-hybridized carbons (Fsp3) is 0.273. The van der Waals surface area contributed by atoms with Gasteiger partial charge in [0.25, 0.3) is 0 Å². The molecule has 0 amide bonds. The van der Waals surface area contributed by atoms with Gasteiger partial charge in [-0.15, -0.1) is 0 Å². The molecular weight excluding hydrogens is 362 g/mol. The van der Waals surface area contributed by atoms with Crippen LogP contribution in [0.15, 0.2) is 36.4 Å². The molecule has 1 heterocycles. The number of hydrogen-bond acceptors (Lipinski definition) is 4. The third-order valence-electron chi connectivity index (χ3n) is 4.61. The highest BCUT2D eigenvalue weighted by molar-refractivity contribution is 6.01. The highest BCUT2D eigenvalue weighted by Gasteiger charge is 2.22. The van der Waals surface area contributed by atoms with Crippen molar-refractivity contribution in [1.82, 2.24) is 4.98 Å². The summed E-state index contributed by atoms with van der Waals surface area (Å²) in [5, 5.41) is 0.458. The molecule has 146 valence electrons. The lowest BCUT2D eigenvalue weighted by molar-refractivity contribution is 0.0601. The van der Waals surface area contributed by atoms with E-state index in [0.29, 0.717) is 34.1 Å². The van der Waals surface area contributed by atoms with Crippen molar-refractivity contribution in [2.45, 2.75) is 26.8 Å². The summed E-state index contributed by atoms with van der Waals surface area (Å²) in [6.45, 7) is 4.14. The van der Waals surface area contributed by atoms with Crippen LogP contribution in [-0.4, -0.2) is 18.1 Å². The van der Waals surface area contributed by atoms with Gasteiger partial charge >= 0.3 is 5.97 Å². The topological polar surface area (TPSA) is 65.2 Å². The summed E-state index contributed by atoms with van der Waals surface area (Å²) in [4.78, 5) is 16.7. The van der Waals surface area contributed by atoms with Gasteiger partial charge in [0.2, 0.25) is 0 Å². The highest BCUT2D eigenvalue weighted by Crippen LogP contribution is 2.37. The maximum absolute atomic E-state index is 14.7. The van der Waals surface area contributed by atoms with E-state index < -0.39 is 17.6 Å². The zero-order valence-corrected chi connectivity index (χ0v) is 16.1. The number of benzene rings is 2. The molecule has 6 heteroatoms. The van der Waals surface area contributed by atoms with Gasteiger partial charge < -0.3 is 10.5 Å². The van der Waals surface area contributed by atoms with Crippen molar-refractivity contribution in [2.75, 3.05) is 7.11 Å². The van der Waals surface area contributed by atoms with Crippen LogP contribution in [0.5, 0.6) is 0 Å². The molecule has 2 aromatic carbocycles. The summed E-state index contributed by atoms with van der Waals surface area (Å²) >= 11 is 0. The van der Waals surface area contributed by atoms with Crippen LogP contribution in [0, 0.1) is 17.6 Å². The molecule has 28 heavy (non-hydrogen) atoms. The monoisotopic (exact) mass is 384 g/mol. The van der Waals surface area contributed by atoms with E-state index >= 15 is 0 Å². The van der Waals surface area contributed by atoms with Gasteiger partial charge in [0.05, 0.1) is 23.8 Å². The molecule has 1 aromatic heterocycles.